The smallest absolute Gasteiger partial charge is 0.226 e. The highest BCUT2D eigenvalue weighted by Crippen LogP contribution is 2.45. The highest BCUT2D eigenvalue weighted by molar-refractivity contribution is 7.46. The van der Waals surface area contributed by atoms with Crippen LogP contribution in [0, 0.1) is 0 Å². The number of nitrogens with zero attached hydrogens (tertiary/aromatic N) is 4. The third-order valence-electron chi connectivity index (χ3n) is 6.18. The van der Waals surface area contributed by atoms with E-state index in [2.05, 4.69) is 20.4 Å². The standard InChI is InChI=1S/C19H29ClN5O5P/c1-2-19(11-26,31(27)28)29-10-13-7-8-15(30-13)25-17-14(9-21-25)16(23-18(20)24-17)22-12-5-3-4-6-12/h9,12-13,15,26-28H,2-8,10-11H2,1H3,(H,22,23,24). The molecule has 3 unspecified atom stereocenters. The maximum Gasteiger partial charge on any atom is 0.226 e. The van der Waals surface area contributed by atoms with Gasteiger partial charge < -0.3 is 29.7 Å². The van der Waals surface area contributed by atoms with Crippen LogP contribution in [0.25, 0.3) is 11.0 Å². The Balaban J connectivity index is 1.46. The third-order valence-corrected chi connectivity index (χ3v) is 7.67. The monoisotopic (exact) mass is 473 g/mol. The van der Waals surface area contributed by atoms with Crippen molar-refractivity contribution in [3.63, 3.8) is 0 Å². The van der Waals surface area contributed by atoms with E-state index in [9.17, 15) is 14.9 Å². The Labute approximate surface area is 186 Å². The fourth-order valence-electron chi connectivity index (χ4n) is 4.24. The van der Waals surface area contributed by atoms with Gasteiger partial charge in [-0.25, -0.2) is 4.68 Å². The predicted octanol–water partition coefficient (Wildman–Crippen LogP) is 2.92. The second kappa shape index (κ2) is 9.79. The molecule has 31 heavy (non-hydrogen) atoms. The Morgan fingerprint density at radius 2 is 2.06 bits per heavy atom. The number of hydrogen-bond acceptors (Lipinski definition) is 9. The van der Waals surface area contributed by atoms with Crippen molar-refractivity contribution < 1.29 is 24.4 Å². The van der Waals surface area contributed by atoms with E-state index >= 15 is 0 Å². The van der Waals surface area contributed by atoms with Crippen molar-refractivity contribution in [1.29, 1.82) is 0 Å². The number of hydrogen-bond donors (Lipinski definition) is 4. The van der Waals surface area contributed by atoms with Gasteiger partial charge in [0.25, 0.3) is 0 Å². The molecule has 1 saturated heterocycles. The molecule has 2 aromatic rings. The van der Waals surface area contributed by atoms with Gasteiger partial charge in [-0.15, -0.1) is 0 Å². The van der Waals surface area contributed by atoms with Crippen molar-refractivity contribution in [2.45, 2.75) is 75.6 Å². The van der Waals surface area contributed by atoms with Crippen molar-refractivity contribution in [2.24, 2.45) is 0 Å². The zero-order valence-electron chi connectivity index (χ0n) is 17.4. The summed E-state index contributed by atoms with van der Waals surface area (Å²) in [6, 6.07) is 0.385. The first-order valence-corrected chi connectivity index (χ1v) is 12.3. The minimum absolute atomic E-state index is 0.147. The number of rotatable bonds is 9. The van der Waals surface area contributed by atoms with Crippen molar-refractivity contribution in [3.05, 3.63) is 11.5 Å². The van der Waals surface area contributed by atoms with Crippen LogP contribution in [0.4, 0.5) is 5.82 Å². The summed E-state index contributed by atoms with van der Waals surface area (Å²) < 4.78 is 13.5. The van der Waals surface area contributed by atoms with Crippen LogP contribution in [0.3, 0.4) is 0 Å². The summed E-state index contributed by atoms with van der Waals surface area (Å²) in [5, 5.41) is 17.2. The van der Waals surface area contributed by atoms with Crippen LogP contribution in [0.5, 0.6) is 0 Å². The fourth-order valence-corrected chi connectivity index (χ4v) is 5.01. The molecule has 2 aromatic heterocycles. The van der Waals surface area contributed by atoms with Gasteiger partial charge in [0.15, 0.2) is 17.2 Å². The summed E-state index contributed by atoms with van der Waals surface area (Å²) in [4.78, 5) is 28.1. The molecule has 12 heteroatoms. The van der Waals surface area contributed by atoms with E-state index in [1.165, 1.54) is 12.8 Å². The molecule has 0 radical (unpaired) electrons. The Kier molecular flexibility index (Phi) is 7.27. The number of nitrogens with one attached hydrogen (secondary N) is 1. The molecule has 4 rings (SSSR count). The lowest BCUT2D eigenvalue weighted by atomic mass is 10.2. The molecule has 172 valence electrons. The Hall–Kier alpha value is -1.13. The molecule has 3 atom stereocenters. The molecule has 2 fully saturated rings. The van der Waals surface area contributed by atoms with E-state index in [4.69, 9.17) is 21.1 Å². The largest absolute Gasteiger partial charge is 0.393 e. The first kappa shape index (κ1) is 23.0. The van der Waals surface area contributed by atoms with E-state index in [0.29, 0.717) is 30.3 Å². The lowest BCUT2D eigenvalue weighted by Gasteiger charge is -2.32. The van der Waals surface area contributed by atoms with E-state index in [1.807, 2.05) is 0 Å². The fraction of sp³-hybridized carbons (Fsp3) is 0.737. The highest BCUT2D eigenvalue weighted by Gasteiger charge is 2.39. The van der Waals surface area contributed by atoms with Crippen LogP contribution in [-0.2, 0) is 9.47 Å². The van der Waals surface area contributed by atoms with Gasteiger partial charge in [0.2, 0.25) is 13.7 Å². The Morgan fingerprint density at radius 3 is 2.74 bits per heavy atom. The molecular weight excluding hydrogens is 445 g/mol. The second-order valence-electron chi connectivity index (χ2n) is 8.14. The average Bonchev–Trinajstić information content (AvgIpc) is 3.49. The lowest BCUT2D eigenvalue weighted by molar-refractivity contribution is -0.0921. The summed E-state index contributed by atoms with van der Waals surface area (Å²) in [5.41, 5.74) is 0.611. The summed E-state index contributed by atoms with van der Waals surface area (Å²) in [6.45, 7) is 1.43. The molecule has 0 amide bonds. The molecule has 4 N–H and O–H groups in total. The number of anilines is 1. The van der Waals surface area contributed by atoms with E-state index in [-0.39, 0.29) is 30.6 Å². The molecular formula is C19H29ClN5O5P. The summed E-state index contributed by atoms with van der Waals surface area (Å²) in [7, 11) is -2.44. The topological polar surface area (TPSA) is 135 Å². The van der Waals surface area contributed by atoms with Gasteiger partial charge in [-0.05, 0) is 43.7 Å². The number of fused-ring (bicyclic) bond motifs is 1. The van der Waals surface area contributed by atoms with Gasteiger partial charge in [0, 0.05) is 6.04 Å². The molecule has 0 spiro atoms. The zero-order chi connectivity index (χ0) is 22.0. The van der Waals surface area contributed by atoms with E-state index in [0.717, 1.165) is 18.2 Å². The Morgan fingerprint density at radius 1 is 1.29 bits per heavy atom. The van der Waals surface area contributed by atoms with Crippen molar-refractivity contribution in [3.8, 4) is 0 Å². The van der Waals surface area contributed by atoms with Crippen LogP contribution < -0.4 is 5.32 Å². The number of aliphatic hydroxyl groups excluding tert-OH is 1. The van der Waals surface area contributed by atoms with Gasteiger partial charge >= 0.3 is 0 Å². The minimum Gasteiger partial charge on any atom is -0.393 e. The lowest BCUT2D eigenvalue weighted by Crippen LogP contribution is -2.36. The maximum atomic E-state index is 9.66. The average molecular weight is 474 g/mol. The SMILES string of the molecule is CCC(CO)(OCC1CCC(n2ncc3c(NC4CCCC4)nc(Cl)nc32)O1)P(O)O. The van der Waals surface area contributed by atoms with Crippen LogP contribution >= 0.6 is 20.0 Å². The quantitative estimate of drug-likeness (QED) is 0.320. The van der Waals surface area contributed by atoms with Crippen molar-refractivity contribution >= 4 is 36.8 Å². The maximum absolute atomic E-state index is 9.66. The number of halogens is 1. The highest BCUT2D eigenvalue weighted by atomic mass is 35.5. The van der Waals surface area contributed by atoms with Crippen molar-refractivity contribution in [1.82, 2.24) is 19.7 Å². The third kappa shape index (κ3) is 4.80. The van der Waals surface area contributed by atoms with Crippen LogP contribution in [-0.4, -0.2) is 65.3 Å². The van der Waals surface area contributed by atoms with E-state index in [1.54, 1.807) is 17.8 Å². The molecule has 1 saturated carbocycles. The number of aliphatic hydroxyl groups is 1. The normalized spacial score (nSPS) is 24.3. The zero-order valence-corrected chi connectivity index (χ0v) is 19.1. The van der Waals surface area contributed by atoms with Crippen LogP contribution in [0.1, 0.15) is 58.1 Å². The summed E-state index contributed by atoms with van der Waals surface area (Å²) >= 11 is 6.20. The predicted molar refractivity (Wildman–Crippen MR) is 117 cm³/mol. The van der Waals surface area contributed by atoms with Gasteiger partial charge in [-0.1, -0.05) is 19.8 Å². The molecule has 3 heterocycles. The molecule has 0 aromatic carbocycles. The van der Waals surface area contributed by atoms with E-state index < -0.39 is 20.3 Å². The van der Waals surface area contributed by atoms with Gasteiger partial charge in [-0.2, -0.15) is 15.1 Å². The number of ether oxygens (including phenoxy) is 2. The molecule has 2 aliphatic rings. The van der Waals surface area contributed by atoms with Crippen LogP contribution in [0.2, 0.25) is 5.28 Å². The van der Waals surface area contributed by atoms with Crippen LogP contribution in [0.15, 0.2) is 6.20 Å². The first-order chi connectivity index (χ1) is 15.0. The summed E-state index contributed by atoms with van der Waals surface area (Å²) in [5.74, 6) is 0.695. The van der Waals surface area contributed by atoms with Crippen molar-refractivity contribution in [2.75, 3.05) is 18.5 Å². The Bertz CT molecular complexity index is 890. The second-order valence-corrected chi connectivity index (χ2v) is 9.87. The summed E-state index contributed by atoms with van der Waals surface area (Å²) in [6.07, 6.45) is 7.47. The molecule has 10 nitrogen and oxygen atoms in total. The molecule has 1 aliphatic carbocycles. The first-order valence-electron chi connectivity index (χ1n) is 10.7. The molecule has 1 aliphatic heterocycles. The molecule has 0 bridgehead atoms. The van der Waals surface area contributed by atoms with Gasteiger partial charge in [0.1, 0.15) is 5.82 Å². The van der Waals surface area contributed by atoms with Gasteiger partial charge in [0.05, 0.1) is 30.9 Å². The number of aromatic nitrogens is 4. The van der Waals surface area contributed by atoms with Gasteiger partial charge in [-0.3, -0.25) is 0 Å². The minimum atomic E-state index is -2.44.